The summed E-state index contributed by atoms with van der Waals surface area (Å²) < 4.78 is 5.43. The number of unbranched alkanes of at least 4 members (excludes halogenated alkanes) is 22. The molecule has 0 aliphatic carbocycles. The lowest BCUT2D eigenvalue weighted by Crippen LogP contribution is -2.05. The van der Waals surface area contributed by atoms with Crippen LogP contribution in [0.5, 0.6) is 0 Å². The van der Waals surface area contributed by atoms with Gasteiger partial charge in [-0.25, -0.2) is 0 Å². The van der Waals surface area contributed by atoms with E-state index < -0.39 is 0 Å². The molecule has 0 N–H and O–H groups in total. The number of benzene rings is 1. The maximum atomic E-state index is 11.9. The highest BCUT2D eigenvalue weighted by atomic mass is 16.5. The molecule has 0 radical (unpaired) electrons. The highest BCUT2D eigenvalue weighted by Crippen LogP contribution is 2.15. The summed E-state index contributed by atoms with van der Waals surface area (Å²) in [5.41, 5.74) is 1.47. The van der Waals surface area contributed by atoms with Gasteiger partial charge in [-0.2, -0.15) is 0 Å². The van der Waals surface area contributed by atoms with E-state index in [1.165, 1.54) is 153 Å². The van der Waals surface area contributed by atoms with E-state index in [-0.39, 0.29) is 5.97 Å². The van der Waals surface area contributed by atoms with E-state index >= 15 is 0 Å². The third-order valence-corrected chi connectivity index (χ3v) is 7.70. The lowest BCUT2D eigenvalue weighted by atomic mass is 10.0. The molecule has 2 heteroatoms. The minimum absolute atomic E-state index is 0.0187. The number of aryl methyl sites for hydroxylation is 1. The molecule has 1 aromatic rings. The first kappa shape index (κ1) is 33.7. The molecule has 0 fully saturated rings. The first-order chi connectivity index (χ1) is 18.3. The van der Waals surface area contributed by atoms with E-state index in [1.807, 2.05) is 0 Å². The topological polar surface area (TPSA) is 26.3 Å². The zero-order valence-corrected chi connectivity index (χ0v) is 24.8. The summed E-state index contributed by atoms with van der Waals surface area (Å²) in [5.74, 6) is 0.0187. The van der Waals surface area contributed by atoms with Gasteiger partial charge in [0.2, 0.25) is 0 Å². The normalized spacial score (nSPS) is 11.2. The molecule has 0 spiro atoms. The Bertz CT molecular complexity index is 582. The van der Waals surface area contributed by atoms with Gasteiger partial charge in [-0.1, -0.05) is 172 Å². The van der Waals surface area contributed by atoms with Crippen molar-refractivity contribution >= 4 is 5.97 Å². The first-order valence-electron chi connectivity index (χ1n) is 16.5. The summed E-state index contributed by atoms with van der Waals surface area (Å²) in [6.07, 6.45) is 33.8. The smallest absolute Gasteiger partial charge is 0.305 e. The molecule has 1 aromatic carbocycles. The summed E-state index contributed by atoms with van der Waals surface area (Å²) in [7, 11) is 0. The highest BCUT2D eigenvalue weighted by molar-refractivity contribution is 5.69. The molecule has 37 heavy (non-hydrogen) atoms. The number of carbonyl (C=O) groups excluding carboxylic acids is 1. The second-order valence-electron chi connectivity index (χ2n) is 11.3. The molecule has 0 heterocycles. The van der Waals surface area contributed by atoms with Crippen LogP contribution in [-0.4, -0.2) is 12.6 Å². The van der Waals surface area contributed by atoms with Crippen molar-refractivity contribution in [3.05, 3.63) is 35.9 Å². The van der Waals surface area contributed by atoms with Crippen LogP contribution in [0.25, 0.3) is 0 Å². The van der Waals surface area contributed by atoms with Gasteiger partial charge < -0.3 is 4.74 Å². The predicted octanol–water partition coefficient (Wildman–Crippen LogP) is 11.5. The van der Waals surface area contributed by atoms with E-state index in [0.717, 1.165) is 12.8 Å². The Morgan fingerprint density at radius 3 is 1.41 bits per heavy atom. The summed E-state index contributed by atoms with van der Waals surface area (Å²) >= 11 is 0. The molecule has 0 aromatic heterocycles. The number of hydrogen-bond donors (Lipinski definition) is 0. The van der Waals surface area contributed by atoms with Crippen molar-refractivity contribution in [2.45, 2.75) is 174 Å². The van der Waals surface area contributed by atoms with Gasteiger partial charge in [0, 0.05) is 6.42 Å². The van der Waals surface area contributed by atoms with Gasteiger partial charge in [0.1, 0.15) is 0 Å². The minimum Gasteiger partial charge on any atom is -0.466 e. The van der Waals surface area contributed by atoms with Gasteiger partial charge in [0.15, 0.2) is 0 Å². The van der Waals surface area contributed by atoms with Gasteiger partial charge in [-0.3, -0.25) is 4.79 Å². The second-order valence-corrected chi connectivity index (χ2v) is 11.3. The van der Waals surface area contributed by atoms with Crippen LogP contribution in [0.4, 0.5) is 0 Å². The first-order valence-corrected chi connectivity index (χ1v) is 16.5. The fourth-order valence-electron chi connectivity index (χ4n) is 5.21. The van der Waals surface area contributed by atoms with E-state index in [9.17, 15) is 4.79 Å². The molecule has 0 atom stereocenters. The van der Waals surface area contributed by atoms with Gasteiger partial charge in [0.05, 0.1) is 6.61 Å². The Balaban J connectivity index is 1.70. The summed E-state index contributed by atoms with van der Waals surface area (Å²) in [6, 6.07) is 10.8. The monoisotopic (exact) mass is 514 g/mol. The van der Waals surface area contributed by atoms with Crippen LogP contribution >= 0.6 is 0 Å². The van der Waals surface area contributed by atoms with Gasteiger partial charge in [-0.05, 0) is 31.2 Å². The fourth-order valence-corrected chi connectivity index (χ4v) is 5.21. The van der Waals surface area contributed by atoms with E-state index in [1.54, 1.807) is 0 Å². The maximum Gasteiger partial charge on any atom is 0.305 e. The number of carbonyl (C=O) groups is 1. The minimum atomic E-state index is 0.0187. The molecule has 214 valence electrons. The van der Waals surface area contributed by atoms with Crippen LogP contribution in [0.2, 0.25) is 0 Å². The Kier molecular flexibility index (Phi) is 25.3. The van der Waals surface area contributed by atoms with Crippen LogP contribution in [-0.2, 0) is 16.0 Å². The highest BCUT2D eigenvalue weighted by Gasteiger charge is 2.03. The standard InChI is InChI=1S/C35H62O2/c1-2-3-4-5-6-7-8-9-10-11-12-15-18-21-27-32-35(36)37-33-28-22-19-16-13-14-17-20-24-29-34-30-25-23-26-31-34/h23,25-26,30-31H,2-22,24,27-29,32-33H2,1H3. The third-order valence-electron chi connectivity index (χ3n) is 7.70. The van der Waals surface area contributed by atoms with E-state index in [2.05, 4.69) is 37.3 Å². The van der Waals surface area contributed by atoms with Crippen LogP contribution in [0.15, 0.2) is 30.3 Å². The molecule has 0 amide bonds. The zero-order valence-electron chi connectivity index (χ0n) is 24.8. The average Bonchev–Trinajstić information content (AvgIpc) is 2.92. The van der Waals surface area contributed by atoms with Gasteiger partial charge in [0.25, 0.3) is 0 Å². The summed E-state index contributed by atoms with van der Waals surface area (Å²) in [4.78, 5) is 11.9. The van der Waals surface area contributed by atoms with Crippen molar-refractivity contribution in [1.29, 1.82) is 0 Å². The SMILES string of the molecule is CCCCCCCCCCCCCCCCCC(=O)OCCCCCCCCCCCc1ccccc1. The number of rotatable bonds is 28. The molecule has 0 saturated heterocycles. The lowest BCUT2D eigenvalue weighted by Gasteiger charge is -2.06. The molecule has 0 unspecified atom stereocenters. The van der Waals surface area contributed by atoms with E-state index in [0.29, 0.717) is 13.0 Å². The van der Waals surface area contributed by atoms with Crippen molar-refractivity contribution in [1.82, 2.24) is 0 Å². The van der Waals surface area contributed by atoms with Crippen LogP contribution in [0, 0.1) is 0 Å². The Labute approximate surface area is 231 Å². The van der Waals surface area contributed by atoms with Gasteiger partial charge >= 0.3 is 5.97 Å². The summed E-state index contributed by atoms with van der Waals surface area (Å²) in [6.45, 7) is 2.91. The molecule has 0 aliphatic heterocycles. The predicted molar refractivity (Wildman–Crippen MR) is 162 cm³/mol. The Morgan fingerprint density at radius 2 is 0.919 bits per heavy atom. The van der Waals surface area contributed by atoms with Crippen molar-refractivity contribution in [2.24, 2.45) is 0 Å². The largest absolute Gasteiger partial charge is 0.466 e. The lowest BCUT2D eigenvalue weighted by molar-refractivity contribution is -0.143. The van der Waals surface area contributed by atoms with Crippen molar-refractivity contribution < 1.29 is 9.53 Å². The summed E-state index contributed by atoms with van der Waals surface area (Å²) in [5, 5.41) is 0. The van der Waals surface area contributed by atoms with Gasteiger partial charge in [-0.15, -0.1) is 0 Å². The molecule has 2 nitrogen and oxygen atoms in total. The quantitative estimate of drug-likeness (QED) is 0.0820. The molecule has 1 rings (SSSR count). The number of esters is 1. The Hall–Kier alpha value is -1.31. The number of hydrogen-bond acceptors (Lipinski definition) is 2. The molecule has 0 aliphatic rings. The van der Waals surface area contributed by atoms with Crippen molar-refractivity contribution in [2.75, 3.05) is 6.61 Å². The number of ether oxygens (including phenoxy) is 1. The zero-order chi connectivity index (χ0) is 26.5. The van der Waals surface area contributed by atoms with Crippen LogP contribution in [0.3, 0.4) is 0 Å². The average molecular weight is 515 g/mol. The van der Waals surface area contributed by atoms with E-state index in [4.69, 9.17) is 4.74 Å². The third kappa shape index (κ3) is 24.8. The van der Waals surface area contributed by atoms with Crippen LogP contribution < -0.4 is 0 Å². The fraction of sp³-hybridized carbons (Fsp3) is 0.800. The molecular formula is C35H62O2. The van der Waals surface area contributed by atoms with Crippen molar-refractivity contribution in [3.8, 4) is 0 Å². The van der Waals surface area contributed by atoms with Crippen LogP contribution in [0.1, 0.15) is 173 Å². The maximum absolute atomic E-state index is 11.9. The Morgan fingerprint density at radius 1 is 0.514 bits per heavy atom. The molecule has 0 saturated carbocycles. The van der Waals surface area contributed by atoms with Crippen molar-refractivity contribution in [3.63, 3.8) is 0 Å². The molecule has 0 bridgehead atoms. The molecular weight excluding hydrogens is 452 g/mol. The second kappa shape index (κ2) is 27.7.